The van der Waals surface area contributed by atoms with Gasteiger partial charge in [-0.1, -0.05) is 29.3 Å². The molecule has 1 amide bonds. The summed E-state index contributed by atoms with van der Waals surface area (Å²) in [6.07, 6.45) is 6.61. The van der Waals surface area contributed by atoms with E-state index < -0.39 is 9.84 Å². The van der Waals surface area contributed by atoms with Gasteiger partial charge in [-0.25, -0.2) is 18.4 Å². The fraction of sp³-hybridized carbons (Fsp3) is 0.593. The molecule has 11 heteroatoms. The molecule has 4 rings (SSSR count). The Labute approximate surface area is 235 Å². The third-order valence-corrected chi connectivity index (χ3v) is 9.61. The summed E-state index contributed by atoms with van der Waals surface area (Å²) >= 11 is 12.2. The van der Waals surface area contributed by atoms with Crippen LogP contribution in [0.25, 0.3) is 0 Å². The number of aryl methyl sites for hydroxylation is 2. The number of carbonyl (C=O) groups is 1. The number of aromatic nitrogens is 2. The Morgan fingerprint density at radius 2 is 1.82 bits per heavy atom. The van der Waals surface area contributed by atoms with Gasteiger partial charge in [0.15, 0.2) is 0 Å². The van der Waals surface area contributed by atoms with Crippen LogP contribution in [0.15, 0.2) is 24.5 Å². The highest BCUT2D eigenvalue weighted by Crippen LogP contribution is 2.28. The maximum absolute atomic E-state index is 13.4. The fourth-order valence-electron chi connectivity index (χ4n) is 5.66. The Kier molecular flexibility index (Phi) is 9.68. The number of piperidine rings is 2. The molecule has 208 valence electrons. The lowest BCUT2D eigenvalue weighted by atomic mass is 9.92. The van der Waals surface area contributed by atoms with E-state index in [0.29, 0.717) is 41.3 Å². The van der Waals surface area contributed by atoms with Gasteiger partial charge in [0.2, 0.25) is 0 Å². The van der Waals surface area contributed by atoms with E-state index in [1.807, 2.05) is 24.0 Å². The summed E-state index contributed by atoms with van der Waals surface area (Å²) in [5, 5.41) is 1.05. The van der Waals surface area contributed by atoms with Crippen molar-refractivity contribution in [3.8, 4) is 0 Å². The molecular formula is C27H36Cl2N4O4S. The molecule has 0 radical (unpaired) electrons. The number of nitrogens with zero attached hydrogens (tertiary/aromatic N) is 4. The van der Waals surface area contributed by atoms with Crippen LogP contribution in [0.2, 0.25) is 10.0 Å². The molecule has 2 aromatic rings. The predicted octanol–water partition coefficient (Wildman–Crippen LogP) is 3.86. The van der Waals surface area contributed by atoms with Gasteiger partial charge < -0.3 is 9.64 Å². The van der Waals surface area contributed by atoms with Crippen LogP contribution in [-0.2, 0) is 27.4 Å². The number of rotatable bonds is 8. The third-order valence-electron chi connectivity index (χ3n) is 7.84. The number of likely N-dealkylation sites (tertiary alicyclic amines) is 2. The van der Waals surface area contributed by atoms with Gasteiger partial charge >= 0.3 is 0 Å². The number of halogens is 2. The zero-order chi connectivity index (χ0) is 27.4. The molecule has 2 fully saturated rings. The van der Waals surface area contributed by atoms with Gasteiger partial charge in [-0.15, -0.1) is 0 Å². The highest BCUT2D eigenvalue weighted by Gasteiger charge is 2.36. The molecule has 2 aliphatic rings. The molecule has 0 saturated carbocycles. The second kappa shape index (κ2) is 12.6. The van der Waals surface area contributed by atoms with Crippen molar-refractivity contribution in [2.75, 3.05) is 45.3 Å². The maximum Gasteiger partial charge on any atom is 0.272 e. The van der Waals surface area contributed by atoms with Gasteiger partial charge in [-0.3, -0.25) is 9.69 Å². The van der Waals surface area contributed by atoms with Gasteiger partial charge in [0.25, 0.3) is 5.91 Å². The zero-order valence-electron chi connectivity index (χ0n) is 22.2. The first-order valence-corrected chi connectivity index (χ1v) is 15.9. The molecule has 0 unspecified atom stereocenters. The van der Waals surface area contributed by atoms with E-state index in [0.717, 1.165) is 55.6 Å². The van der Waals surface area contributed by atoms with Gasteiger partial charge in [0.1, 0.15) is 21.9 Å². The van der Waals surface area contributed by atoms with E-state index >= 15 is 0 Å². The smallest absolute Gasteiger partial charge is 0.272 e. The molecule has 2 saturated heterocycles. The summed E-state index contributed by atoms with van der Waals surface area (Å²) < 4.78 is 29.3. The minimum atomic E-state index is -3.04. The summed E-state index contributed by atoms with van der Waals surface area (Å²) in [5.74, 6) is 0.139. The monoisotopic (exact) mass is 582 g/mol. The number of ether oxygens (including phenoxy) is 1. The number of benzene rings is 1. The van der Waals surface area contributed by atoms with E-state index in [4.69, 9.17) is 27.9 Å². The number of amides is 1. The summed E-state index contributed by atoms with van der Waals surface area (Å²) in [6, 6.07) is 5.95. The molecule has 38 heavy (non-hydrogen) atoms. The summed E-state index contributed by atoms with van der Waals surface area (Å²) in [6.45, 7) is 4.81. The molecule has 0 spiro atoms. The number of hydrogen-bond acceptors (Lipinski definition) is 7. The first-order chi connectivity index (χ1) is 18.1. The van der Waals surface area contributed by atoms with E-state index in [2.05, 4.69) is 14.9 Å². The first-order valence-electron chi connectivity index (χ1n) is 13.0. The predicted molar refractivity (Wildman–Crippen MR) is 150 cm³/mol. The molecule has 0 aliphatic carbocycles. The van der Waals surface area contributed by atoms with Gasteiger partial charge in [0, 0.05) is 56.2 Å². The fourth-order valence-corrected chi connectivity index (χ4v) is 7.14. The van der Waals surface area contributed by atoms with Crippen molar-refractivity contribution < 1.29 is 17.9 Å². The molecule has 2 atom stereocenters. The van der Waals surface area contributed by atoms with E-state index in [1.165, 1.54) is 12.6 Å². The minimum absolute atomic E-state index is 0.0273. The highest BCUT2D eigenvalue weighted by molar-refractivity contribution is 7.90. The van der Waals surface area contributed by atoms with Crippen molar-refractivity contribution in [2.24, 2.45) is 5.92 Å². The largest absolute Gasteiger partial charge is 0.380 e. The Hall–Kier alpha value is -1.78. The topological polar surface area (TPSA) is 92.7 Å². The molecular weight excluding hydrogens is 547 g/mol. The molecule has 0 bridgehead atoms. The average molecular weight is 584 g/mol. The number of methoxy groups -OCH3 is 1. The van der Waals surface area contributed by atoms with Crippen LogP contribution in [0, 0.1) is 12.8 Å². The molecule has 3 heterocycles. The standard InChI is InChI=1S/C27H36Cl2N4O4S/c1-18-24(7-5-19-4-6-22(28)23(29)14-19)30-17-31-26(18)27(34)32-12-9-21(10-13-32)33-11-8-20(16-38(3,35)36)25(15-33)37-2/h4,6,14,17,20-21,25H,5,7-13,15-16H2,1-3H3/t20-,25+/m0/s1. The minimum Gasteiger partial charge on any atom is -0.380 e. The van der Waals surface area contributed by atoms with Crippen LogP contribution in [0.1, 0.15) is 46.6 Å². The van der Waals surface area contributed by atoms with Crippen molar-refractivity contribution in [1.29, 1.82) is 0 Å². The summed E-state index contributed by atoms with van der Waals surface area (Å²) in [5.41, 5.74) is 3.19. The molecule has 8 nitrogen and oxygen atoms in total. The molecule has 1 aromatic heterocycles. The van der Waals surface area contributed by atoms with Crippen molar-refractivity contribution in [3.63, 3.8) is 0 Å². The molecule has 2 aliphatic heterocycles. The highest BCUT2D eigenvalue weighted by atomic mass is 35.5. The SMILES string of the molecule is CO[C@@H]1CN(C2CCN(C(=O)c3ncnc(CCc4ccc(Cl)c(Cl)c4)c3C)CC2)CC[C@H]1CS(C)(=O)=O. The van der Waals surface area contributed by atoms with Crippen LogP contribution >= 0.6 is 23.2 Å². The second-order valence-corrected chi connectivity index (χ2v) is 13.5. The number of hydrogen-bond donors (Lipinski definition) is 0. The Bertz CT molecular complexity index is 1250. The van der Waals surface area contributed by atoms with Crippen molar-refractivity contribution in [1.82, 2.24) is 19.8 Å². The van der Waals surface area contributed by atoms with Crippen molar-refractivity contribution in [2.45, 2.75) is 51.2 Å². The second-order valence-electron chi connectivity index (χ2n) is 10.5. The lowest BCUT2D eigenvalue weighted by Crippen LogP contribution is -2.53. The lowest BCUT2D eigenvalue weighted by Gasteiger charge is -2.44. The average Bonchev–Trinajstić information content (AvgIpc) is 2.89. The Morgan fingerprint density at radius 1 is 1.08 bits per heavy atom. The van der Waals surface area contributed by atoms with Gasteiger partial charge in [-0.2, -0.15) is 0 Å². The quantitative estimate of drug-likeness (QED) is 0.466. The van der Waals surface area contributed by atoms with Crippen LogP contribution in [0.5, 0.6) is 0 Å². The number of carbonyl (C=O) groups excluding carboxylic acids is 1. The molecule has 1 aromatic carbocycles. The summed E-state index contributed by atoms with van der Waals surface area (Å²) in [4.78, 5) is 26.5. The first kappa shape index (κ1) is 29.2. The van der Waals surface area contributed by atoms with Gasteiger partial charge in [0.05, 0.1) is 21.9 Å². The van der Waals surface area contributed by atoms with Crippen LogP contribution in [0.4, 0.5) is 0 Å². The molecule has 0 N–H and O–H groups in total. The van der Waals surface area contributed by atoms with Crippen molar-refractivity contribution >= 4 is 38.9 Å². The summed E-state index contributed by atoms with van der Waals surface area (Å²) in [7, 11) is -1.38. The normalized spacial score (nSPS) is 21.6. The van der Waals surface area contributed by atoms with Crippen LogP contribution < -0.4 is 0 Å². The van der Waals surface area contributed by atoms with E-state index in [-0.39, 0.29) is 23.7 Å². The van der Waals surface area contributed by atoms with Crippen molar-refractivity contribution in [3.05, 3.63) is 57.1 Å². The van der Waals surface area contributed by atoms with Crippen LogP contribution in [0.3, 0.4) is 0 Å². The van der Waals surface area contributed by atoms with E-state index in [1.54, 1.807) is 13.2 Å². The number of sulfone groups is 1. The Balaban J connectivity index is 1.33. The maximum atomic E-state index is 13.4. The lowest BCUT2D eigenvalue weighted by molar-refractivity contribution is -0.0265. The third kappa shape index (κ3) is 7.24. The van der Waals surface area contributed by atoms with Gasteiger partial charge in [-0.05, 0) is 63.3 Å². The Morgan fingerprint density at radius 3 is 2.47 bits per heavy atom. The van der Waals surface area contributed by atoms with E-state index in [9.17, 15) is 13.2 Å². The van der Waals surface area contributed by atoms with Crippen LogP contribution in [-0.4, -0.2) is 91.5 Å². The zero-order valence-corrected chi connectivity index (χ0v) is 24.5.